The molecule has 3 aromatic rings. The normalized spacial score (nSPS) is 14.9. The molecule has 0 bridgehead atoms. The van der Waals surface area contributed by atoms with Crippen LogP contribution in [-0.2, 0) is 19.1 Å². The topological polar surface area (TPSA) is 94.2 Å². The van der Waals surface area contributed by atoms with E-state index in [2.05, 4.69) is 31.3 Å². The van der Waals surface area contributed by atoms with Crippen LogP contribution in [0.2, 0.25) is 0 Å². The molecule has 0 radical (unpaired) electrons. The van der Waals surface area contributed by atoms with E-state index in [4.69, 9.17) is 14.2 Å². The third-order valence-corrected chi connectivity index (χ3v) is 6.34. The second-order valence-electron chi connectivity index (χ2n) is 9.58. The lowest BCUT2D eigenvalue weighted by Crippen LogP contribution is -2.28. The molecule has 2 amide bonds. The third-order valence-electron chi connectivity index (χ3n) is 6.34. The fraction of sp³-hybridized carbons (Fsp3) is 0.300. The maximum Gasteiger partial charge on any atom is 0.311 e. The van der Waals surface area contributed by atoms with Crippen LogP contribution in [0.4, 0.5) is 11.4 Å². The highest BCUT2D eigenvalue weighted by Crippen LogP contribution is 2.33. The number of ether oxygens (including phenoxy) is 3. The number of aryl methyl sites for hydroxylation is 1. The fourth-order valence-electron chi connectivity index (χ4n) is 4.27. The largest absolute Gasteiger partial charge is 0.497 e. The molecule has 0 spiro atoms. The molecule has 4 rings (SSSR count). The Labute approximate surface area is 222 Å². The van der Waals surface area contributed by atoms with Crippen molar-refractivity contribution in [3.8, 4) is 17.2 Å². The van der Waals surface area contributed by atoms with Crippen molar-refractivity contribution in [2.45, 2.75) is 33.1 Å². The van der Waals surface area contributed by atoms with Gasteiger partial charge in [0.1, 0.15) is 17.2 Å². The minimum absolute atomic E-state index is 0.0260. The van der Waals surface area contributed by atoms with Crippen LogP contribution in [0.1, 0.15) is 37.3 Å². The lowest BCUT2D eigenvalue weighted by molar-refractivity contribution is -0.151. The summed E-state index contributed by atoms with van der Waals surface area (Å²) in [6.45, 7) is 6.02. The number of carbonyl (C=O) groups excluding carboxylic acids is 3. The zero-order chi connectivity index (χ0) is 27.2. The van der Waals surface area contributed by atoms with Crippen molar-refractivity contribution < 1.29 is 28.6 Å². The number of carbonyl (C=O) groups is 3. The fourth-order valence-corrected chi connectivity index (χ4v) is 4.27. The number of hydrogen-bond acceptors (Lipinski definition) is 6. The Balaban J connectivity index is 1.31. The number of nitrogens with one attached hydrogen (secondary N) is 1. The van der Waals surface area contributed by atoms with E-state index < -0.39 is 24.4 Å². The Kier molecular flexibility index (Phi) is 8.31. The van der Waals surface area contributed by atoms with Gasteiger partial charge in [-0.1, -0.05) is 26.0 Å². The summed E-state index contributed by atoms with van der Waals surface area (Å²) in [4.78, 5) is 38.9. The molecule has 0 unspecified atom stereocenters. The number of nitrogens with zero attached hydrogens (tertiary/aromatic N) is 1. The highest BCUT2D eigenvalue weighted by molar-refractivity contribution is 6.00. The smallest absolute Gasteiger partial charge is 0.311 e. The molecule has 38 heavy (non-hydrogen) atoms. The predicted octanol–water partition coefficient (Wildman–Crippen LogP) is 5.45. The molecule has 1 saturated heterocycles. The van der Waals surface area contributed by atoms with Gasteiger partial charge in [-0.25, -0.2) is 0 Å². The van der Waals surface area contributed by atoms with E-state index in [0.29, 0.717) is 28.8 Å². The Hall–Kier alpha value is -4.33. The third kappa shape index (κ3) is 6.51. The number of anilines is 2. The molecule has 1 aliphatic rings. The molecule has 1 fully saturated rings. The number of hydrogen-bond donors (Lipinski definition) is 1. The van der Waals surface area contributed by atoms with Gasteiger partial charge in [0.05, 0.1) is 13.0 Å². The molecule has 3 aromatic carbocycles. The summed E-state index contributed by atoms with van der Waals surface area (Å²) in [5.41, 5.74) is 3.46. The van der Waals surface area contributed by atoms with Crippen molar-refractivity contribution in [3.63, 3.8) is 0 Å². The van der Waals surface area contributed by atoms with Crippen LogP contribution in [0.3, 0.4) is 0 Å². The van der Waals surface area contributed by atoms with Gasteiger partial charge in [-0.2, -0.15) is 0 Å². The highest BCUT2D eigenvalue weighted by atomic mass is 16.5. The van der Waals surface area contributed by atoms with Crippen LogP contribution in [0.15, 0.2) is 66.7 Å². The second kappa shape index (κ2) is 11.8. The Bertz CT molecular complexity index is 1300. The zero-order valence-electron chi connectivity index (χ0n) is 22.0. The summed E-state index contributed by atoms with van der Waals surface area (Å²) in [6, 6.07) is 20.2. The van der Waals surface area contributed by atoms with Crippen molar-refractivity contribution >= 4 is 29.2 Å². The van der Waals surface area contributed by atoms with Gasteiger partial charge >= 0.3 is 5.97 Å². The number of methoxy groups -OCH3 is 1. The first-order valence-electron chi connectivity index (χ1n) is 12.5. The van der Waals surface area contributed by atoms with Gasteiger partial charge in [0, 0.05) is 24.3 Å². The molecule has 1 aliphatic heterocycles. The first-order chi connectivity index (χ1) is 18.2. The van der Waals surface area contributed by atoms with Gasteiger partial charge in [-0.3, -0.25) is 14.4 Å². The lowest BCUT2D eigenvalue weighted by Gasteiger charge is -2.18. The van der Waals surface area contributed by atoms with Crippen molar-refractivity contribution in [3.05, 3.63) is 77.9 Å². The van der Waals surface area contributed by atoms with Gasteiger partial charge in [0.2, 0.25) is 5.91 Å². The maximum atomic E-state index is 12.7. The van der Waals surface area contributed by atoms with E-state index >= 15 is 0 Å². The SMILES string of the molecule is COc1ccc(NC(=O)COC(=O)[C@H]2CC(=O)N(c3ccc(Oc4cc(C)ccc4C(C)C)cc3)C2)cc1. The van der Waals surface area contributed by atoms with Crippen molar-refractivity contribution in [2.75, 3.05) is 30.5 Å². The quantitative estimate of drug-likeness (QED) is 0.380. The van der Waals surface area contributed by atoms with E-state index in [1.165, 1.54) is 0 Å². The minimum Gasteiger partial charge on any atom is -0.497 e. The minimum atomic E-state index is -0.645. The van der Waals surface area contributed by atoms with Crippen LogP contribution in [0.25, 0.3) is 0 Å². The van der Waals surface area contributed by atoms with Crippen LogP contribution in [-0.4, -0.2) is 38.0 Å². The molecule has 1 atom stereocenters. The Morgan fingerprint density at radius 1 is 1.00 bits per heavy atom. The van der Waals surface area contributed by atoms with Crippen molar-refractivity contribution in [1.29, 1.82) is 0 Å². The van der Waals surface area contributed by atoms with Crippen LogP contribution in [0, 0.1) is 12.8 Å². The van der Waals surface area contributed by atoms with E-state index in [-0.39, 0.29) is 18.9 Å². The molecule has 1 heterocycles. The van der Waals surface area contributed by atoms with Gasteiger partial charge in [0.15, 0.2) is 6.61 Å². The Morgan fingerprint density at radius 2 is 1.68 bits per heavy atom. The molecule has 1 N–H and O–H groups in total. The zero-order valence-corrected chi connectivity index (χ0v) is 22.0. The summed E-state index contributed by atoms with van der Waals surface area (Å²) in [7, 11) is 1.56. The number of benzene rings is 3. The average molecular weight is 517 g/mol. The molecule has 0 saturated carbocycles. The molecule has 8 heteroatoms. The second-order valence-corrected chi connectivity index (χ2v) is 9.58. The number of amides is 2. The molecule has 198 valence electrons. The van der Waals surface area contributed by atoms with Crippen molar-refractivity contribution in [2.24, 2.45) is 5.92 Å². The van der Waals surface area contributed by atoms with E-state index in [9.17, 15) is 14.4 Å². The van der Waals surface area contributed by atoms with Gasteiger partial charge < -0.3 is 24.4 Å². The summed E-state index contributed by atoms with van der Waals surface area (Å²) in [5.74, 6) is 0.588. The standard InChI is InChI=1S/C30H32N2O6/c1-19(2)26-14-5-20(3)15-27(26)38-25-12-8-23(9-13-25)32-17-21(16-29(32)34)30(35)37-18-28(33)31-22-6-10-24(36-4)11-7-22/h5-15,19,21H,16-18H2,1-4H3,(H,31,33)/t21-/m0/s1. The first kappa shape index (κ1) is 26.7. The predicted molar refractivity (Wildman–Crippen MR) is 145 cm³/mol. The number of esters is 1. The van der Waals surface area contributed by atoms with Crippen LogP contribution >= 0.6 is 0 Å². The van der Waals surface area contributed by atoms with Gasteiger partial charge in [-0.15, -0.1) is 0 Å². The van der Waals surface area contributed by atoms with Crippen LogP contribution < -0.4 is 19.7 Å². The molecule has 0 aromatic heterocycles. The molecular weight excluding hydrogens is 484 g/mol. The van der Waals surface area contributed by atoms with Crippen LogP contribution in [0.5, 0.6) is 17.2 Å². The highest BCUT2D eigenvalue weighted by Gasteiger charge is 2.36. The van der Waals surface area contributed by atoms with E-state index in [0.717, 1.165) is 16.9 Å². The molecule has 0 aliphatic carbocycles. The monoisotopic (exact) mass is 516 g/mol. The van der Waals surface area contributed by atoms with E-state index in [1.807, 2.05) is 25.1 Å². The van der Waals surface area contributed by atoms with Gasteiger partial charge in [-0.05, 0) is 78.6 Å². The summed E-state index contributed by atoms with van der Waals surface area (Å²) in [5, 5.41) is 2.66. The van der Waals surface area contributed by atoms with Gasteiger partial charge in [0.25, 0.3) is 5.91 Å². The van der Waals surface area contributed by atoms with E-state index in [1.54, 1.807) is 48.4 Å². The van der Waals surface area contributed by atoms with Crippen molar-refractivity contribution in [1.82, 2.24) is 0 Å². The lowest BCUT2D eigenvalue weighted by atomic mass is 10.0. The number of rotatable bonds is 9. The molecule has 8 nitrogen and oxygen atoms in total. The average Bonchev–Trinajstić information content (AvgIpc) is 3.29. The summed E-state index contributed by atoms with van der Waals surface area (Å²) in [6.07, 6.45) is 0.0260. The Morgan fingerprint density at radius 3 is 2.34 bits per heavy atom. The maximum absolute atomic E-state index is 12.7. The molecular formula is C30H32N2O6. The summed E-state index contributed by atoms with van der Waals surface area (Å²) < 4.78 is 16.4. The first-order valence-corrected chi connectivity index (χ1v) is 12.5. The summed E-state index contributed by atoms with van der Waals surface area (Å²) >= 11 is 0.